The van der Waals surface area contributed by atoms with E-state index in [1.807, 2.05) is 19.9 Å². The number of nitrogens with zero attached hydrogens (tertiary/aromatic N) is 3. The van der Waals surface area contributed by atoms with Crippen molar-refractivity contribution in [1.82, 2.24) is 14.9 Å². The smallest absolute Gasteiger partial charge is 0.259 e. The summed E-state index contributed by atoms with van der Waals surface area (Å²) in [6, 6.07) is 2.01. The highest BCUT2D eigenvalue weighted by Crippen LogP contribution is 2.25. The van der Waals surface area contributed by atoms with E-state index in [1.165, 1.54) is 16.2 Å². The molecule has 0 aliphatic carbocycles. The normalized spacial score (nSPS) is 10.6. The van der Waals surface area contributed by atoms with Gasteiger partial charge in [0.15, 0.2) is 0 Å². The second kappa shape index (κ2) is 6.71. The molecule has 0 bridgehead atoms. The van der Waals surface area contributed by atoms with Crippen molar-refractivity contribution < 1.29 is 4.79 Å². The summed E-state index contributed by atoms with van der Waals surface area (Å²) in [5, 5.41) is 9.17. The first-order chi connectivity index (χ1) is 10.4. The van der Waals surface area contributed by atoms with E-state index in [0.717, 1.165) is 15.3 Å². The highest BCUT2D eigenvalue weighted by Gasteiger charge is 2.13. The van der Waals surface area contributed by atoms with Crippen LogP contribution in [-0.4, -0.2) is 34.4 Å². The summed E-state index contributed by atoms with van der Waals surface area (Å²) in [6.45, 7) is 4.30. The van der Waals surface area contributed by atoms with Gasteiger partial charge in [0.1, 0.15) is 10.7 Å². The van der Waals surface area contributed by atoms with E-state index in [0.29, 0.717) is 30.6 Å². The Morgan fingerprint density at radius 2 is 2.18 bits per heavy atom. The summed E-state index contributed by atoms with van der Waals surface area (Å²) >= 11 is 1.50. The quantitative estimate of drug-likeness (QED) is 0.911. The molecule has 0 saturated carbocycles. The van der Waals surface area contributed by atoms with Crippen molar-refractivity contribution in [2.45, 2.75) is 33.1 Å². The third kappa shape index (κ3) is 3.34. The fourth-order valence-electron chi connectivity index (χ4n) is 2.18. The van der Waals surface area contributed by atoms with Crippen LogP contribution in [0.4, 0.5) is 0 Å². The molecule has 0 atom stereocenters. The number of aromatic amines is 1. The van der Waals surface area contributed by atoms with Gasteiger partial charge < -0.3 is 9.88 Å². The van der Waals surface area contributed by atoms with E-state index in [-0.39, 0.29) is 17.9 Å². The Balaban J connectivity index is 2.11. The Kier molecular flexibility index (Phi) is 4.93. The van der Waals surface area contributed by atoms with Gasteiger partial charge in [-0.1, -0.05) is 0 Å². The van der Waals surface area contributed by atoms with E-state index >= 15 is 0 Å². The number of hydrogen-bond donors (Lipinski definition) is 1. The highest BCUT2D eigenvalue weighted by atomic mass is 32.1. The Labute approximate surface area is 132 Å². The van der Waals surface area contributed by atoms with Gasteiger partial charge in [-0.25, -0.2) is 4.98 Å². The summed E-state index contributed by atoms with van der Waals surface area (Å²) in [7, 11) is 1.67. The Bertz CT molecular complexity index is 800. The second-order valence-corrected chi connectivity index (χ2v) is 6.40. The lowest BCUT2D eigenvalue weighted by Crippen LogP contribution is -2.28. The van der Waals surface area contributed by atoms with Crippen LogP contribution in [0.15, 0.2) is 4.79 Å². The van der Waals surface area contributed by atoms with Gasteiger partial charge in [0, 0.05) is 31.3 Å². The molecule has 0 fully saturated rings. The van der Waals surface area contributed by atoms with Gasteiger partial charge >= 0.3 is 0 Å². The standard InChI is InChI=1S/C15H18N4O2S/c1-9-10(2)22-15-13(9)14(21)17-11(18-15)5-6-12(20)19(3)8-4-7-16/h4-6,8H2,1-3H3,(H,17,18,21). The molecule has 1 N–H and O–H groups in total. The Morgan fingerprint density at radius 3 is 2.86 bits per heavy atom. The largest absolute Gasteiger partial charge is 0.345 e. The number of thiophene rings is 1. The van der Waals surface area contributed by atoms with Crippen LogP contribution in [0.25, 0.3) is 10.2 Å². The average molecular weight is 318 g/mol. The van der Waals surface area contributed by atoms with Gasteiger partial charge in [0.25, 0.3) is 5.56 Å². The number of H-pyrrole nitrogens is 1. The van der Waals surface area contributed by atoms with Gasteiger partial charge in [-0.3, -0.25) is 9.59 Å². The summed E-state index contributed by atoms with van der Waals surface area (Å²) in [6.07, 6.45) is 0.966. The van der Waals surface area contributed by atoms with Crippen molar-refractivity contribution in [3.05, 3.63) is 26.6 Å². The fraction of sp³-hybridized carbons (Fsp3) is 0.467. The molecule has 2 heterocycles. The number of carbonyl (C=O) groups excluding carboxylic acids is 1. The maximum atomic E-state index is 12.1. The summed E-state index contributed by atoms with van der Waals surface area (Å²) < 4.78 is 0. The second-order valence-electron chi connectivity index (χ2n) is 5.20. The van der Waals surface area contributed by atoms with E-state index in [1.54, 1.807) is 7.05 Å². The van der Waals surface area contributed by atoms with Crippen LogP contribution < -0.4 is 5.56 Å². The molecular formula is C15H18N4O2S. The molecule has 0 aliphatic heterocycles. The van der Waals surface area contributed by atoms with E-state index in [9.17, 15) is 9.59 Å². The Hall–Kier alpha value is -2.20. The lowest BCUT2D eigenvalue weighted by atomic mass is 10.2. The molecule has 2 aromatic rings. The summed E-state index contributed by atoms with van der Waals surface area (Å²) in [5.74, 6) is 0.470. The van der Waals surface area contributed by atoms with E-state index in [4.69, 9.17) is 5.26 Å². The number of carbonyl (C=O) groups is 1. The summed E-state index contributed by atoms with van der Waals surface area (Å²) in [4.78, 5) is 34.6. The molecule has 22 heavy (non-hydrogen) atoms. The molecule has 0 aromatic carbocycles. The number of hydrogen-bond acceptors (Lipinski definition) is 5. The van der Waals surface area contributed by atoms with E-state index in [2.05, 4.69) is 9.97 Å². The number of fused-ring (bicyclic) bond motifs is 1. The minimum Gasteiger partial charge on any atom is -0.345 e. The zero-order valence-electron chi connectivity index (χ0n) is 12.9. The molecule has 0 saturated heterocycles. The third-order valence-corrected chi connectivity index (χ3v) is 4.75. The van der Waals surface area contributed by atoms with Crippen LogP contribution in [0, 0.1) is 25.2 Å². The van der Waals surface area contributed by atoms with Crippen LogP contribution in [0.2, 0.25) is 0 Å². The first-order valence-corrected chi connectivity index (χ1v) is 7.85. The molecule has 116 valence electrons. The minimum atomic E-state index is -0.146. The number of amides is 1. The highest BCUT2D eigenvalue weighted by molar-refractivity contribution is 7.18. The predicted molar refractivity (Wildman–Crippen MR) is 85.9 cm³/mol. The van der Waals surface area contributed by atoms with Gasteiger partial charge in [-0.2, -0.15) is 5.26 Å². The van der Waals surface area contributed by atoms with Crippen molar-refractivity contribution >= 4 is 27.5 Å². The SMILES string of the molecule is Cc1sc2nc(CCC(=O)N(C)CCC#N)[nH]c(=O)c2c1C. The molecular weight excluding hydrogens is 300 g/mol. The zero-order chi connectivity index (χ0) is 16.3. The maximum absolute atomic E-state index is 12.1. The van der Waals surface area contributed by atoms with Crippen LogP contribution in [0.5, 0.6) is 0 Å². The molecule has 2 rings (SSSR count). The molecule has 6 nitrogen and oxygen atoms in total. The average Bonchev–Trinajstić information content (AvgIpc) is 2.77. The first-order valence-electron chi connectivity index (χ1n) is 7.04. The molecule has 0 aliphatic rings. The maximum Gasteiger partial charge on any atom is 0.259 e. The molecule has 0 radical (unpaired) electrons. The topological polar surface area (TPSA) is 89.8 Å². The lowest BCUT2D eigenvalue weighted by Gasteiger charge is -2.14. The van der Waals surface area contributed by atoms with Crippen LogP contribution in [-0.2, 0) is 11.2 Å². The van der Waals surface area contributed by atoms with Crippen LogP contribution >= 0.6 is 11.3 Å². The number of nitrogens with one attached hydrogen (secondary N) is 1. The minimum absolute atomic E-state index is 0.0588. The van der Waals surface area contributed by atoms with Crippen molar-refractivity contribution in [3.8, 4) is 6.07 Å². The first kappa shape index (κ1) is 16.2. The van der Waals surface area contributed by atoms with Gasteiger partial charge in [0.05, 0.1) is 17.9 Å². The lowest BCUT2D eigenvalue weighted by molar-refractivity contribution is -0.129. The van der Waals surface area contributed by atoms with Crippen LogP contribution in [0.1, 0.15) is 29.1 Å². The monoisotopic (exact) mass is 318 g/mol. The third-order valence-electron chi connectivity index (χ3n) is 3.65. The molecule has 0 unspecified atom stereocenters. The Morgan fingerprint density at radius 1 is 1.45 bits per heavy atom. The summed E-state index contributed by atoms with van der Waals surface area (Å²) in [5.41, 5.74) is 0.819. The van der Waals surface area contributed by atoms with Crippen LogP contribution in [0.3, 0.4) is 0 Å². The molecule has 2 aromatic heterocycles. The van der Waals surface area contributed by atoms with Crippen molar-refractivity contribution in [2.24, 2.45) is 0 Å². The number of aryl methyl sites for hydroxylation is 3. The van der Waals surface area contributed by atoms with Crippen molar-refractivity contribution in [1.29, 1.82) is 5.26 Å². The zero-order valence-corrected chi connectivity index (χ0v) is 13.7. The molecule has 1 amide bonds. The predicted octanol–water partition coefficient (Wildman–Crippen LogP) is 1.91. The number of aromatic nitrogens is 2. The molecule has 7 heteroatoms. The van der Waals surface area contributed by atoms with Gasteiger partial charge in [-0.15, -0.1) is 11.3 Å². The number of rotatable bonds is 5. The fourth-order valence-corrected chi connectivity index (χ4v) is 3.23. The molecule has 0 spiro atoms. The van der Waals surface area contributed by atoms with Gasteiger partial charge in [0.2, 0.25) is 5.91 Å². The van der Waals surface area contributed by atoms with E-state index < -0.39 is 0 Å². The van der Waals surface area contributed by atoms with Gasteiger partial charge in [-0.05, 0) is 19.4 Å². The number of nitriles is 1. The van der Waals surface area contributed by atoms with Crippen molar-refractivity contribution in [3.63, 3.8) is 0 Å². The van der Waals surface area contributed by atoms with Crippen molar-refractivity contribution in [2.75, 3.05) is 13.6 Å².